The zero-order valence-corrected chi connectivity index (χ0v) is 15.9. The summed E-state index contributed by atoms with van der Waals surface area (Å²) in [4.78, 5) is 23.7. The molecule has 138 valence electrons. The predicted octanol–water partition coefficient (Wildman–Crippen LogP) is 2.66. The Balaban J connectivity index is 4.60. The third-order valence-corrected chi connectivity index (χ3v) is 3.56. The first kappa shape index (κ1) is 22.0. The highest BCUT2D eigenvalue weighted by Gasteiger charge is 2.13. The maximum Gasteiger partial charge on any atom is 0.335 e. The molecule has 0 aliphatic heterocycles. The van der Waals surface area contributed by atoms with Gasteiger partial charge in [-0.1, -0.05) is 13.8 Å². The van der Waals surface area contributed by atoms with E-state index in [1.165, 1.54) is 0 Å². The summed E-state index contributed by atoms with van der Waals surface area (Å²) in [5.74, 6) is -0.547. The van der Waals surface area contributed by atoms with Gasteiger partial charge in [-0.2, -0.15) is 0 Å². The van der Waals surface area contributed by atoms with Gasteiger partial charge in [0.05, 0.1) is 24.4 Å². The molecular formula is C18H32N2O4. The van der Waals surface area contributed by atoms with Crippen LogP contribution in [0.1, 0.15) is 54.4 Å². The van der Waals surface area contributed by atoms with Gasteiger partial charge in [0.1, 0.15) is 0 Å². The molecule has 0 fully saturated rings. The number of allylic oxidation sites excluding steroid dienone is 2. The standard InChI is InChI=1S/C18H32N2O4/c1-7-15(17(21)23-9-3)13(5)19-11-12-20-14(6)16(8-2)18(22)24-10-4/h19-20H,7-12H2,1-6H3/b15-13+,16-14+. The summed E-state index contributed by atoms with van der Waals surface area (Å²) in [6.45, 7) is 13.2. The molecule has 0 atom stereocenters. The first-order valence-electron chi connectivity index (χ1n) is 8.64. The minimum atomic E-state index is -0.274. The molecule has 24 heavy (non-hydrogen) atoms. The van der Waals surface area contributed by atoms with Crippen molar-refractivity contribution in [2.24, 2.45) is 0 Å². The van der Waals surface area contributed by atoms with E-state index in [-0.39, 0.29) is 11.9 Å². The zero-order valence-electron chi connectivity index (χ0n) is 15.9. The van der Waals surface area contributed by atoms with Crippen LogP contribution >= 0.6 is 0 Å². The molecule has 0 aromatic carbocycles. The van der Waals surface area contributed by atoms with Crippen molar-refractivity contribution in [1.29, 1.82) is 0 Å². The van der Waals surface area contributed by atoms with Crippen LogP contribution in [0.25, 0.3) is 0 Å². The molecule has 0 rings (SSSR count). The molecule has 0 spiro atoms. The van der Waals surface area contributed by atoms with Crippen molar-refractivity contribution in [3.8, 4) is 0 Å². The number of hydrogen-bond acceptors (Lipinski definition) is 6. The second kappa shape index (κ2) is 12.4. The van der Waals surface area contributed by atoms with Crippen LogP contribution in [0.4, 0.5) is 0 Å². The summed E-state index contributed by atoms with van der Waals surface area (Å²) >= 11 is 0. The van der Waals surface area contributed by atoms with Crippen LogP contribution in [0.15, 0.2) is 22.5 Å². The Labute approximate surface area is 145 Å². The monoisotopic (exact) mass is 340 g/mol. The van der Waals surface area contributed by atoms with E-state index in [0.717, 1.165) is 11.4 Å². The quantitative estimate of drug-likeness (QED) is 0.342. The first-order valence-corrected chi connectivity index (χ1v) is 8.64. The van der Waals surface area contributed by atoms with E-state index in [4.69, 9.17) is 9.47 Å². The minimum Gasteiger partial charge on any atom is -0.463 e. The molecule has 0 heterocycles. The Morgan fingerprint density at radius 1 is 0.708 bits per heavy atom. The average Bonchev–Trinajstić information content (AvgIpc) is 2.53. The highest BCUT2D eigenvalue weighted by atomic mass is 16.5. The van der Waals surface area contributed by atoms with E-state index < -0.39 is 0 Å². The number of ether oxygens (including phenoxy) is 2. The second-order valence-electron chi connectivity index (χ2n) is 5.21. The SMILES string of the molecule is CCOC(=O)/C(CC)=C(\C)NCCN/C(C)=C(\CC)C(=O)OCC. The Kier molecular flexibility index (Phi) is 11.4. The largest absolute Gasteiger partial charge is 0.463 e. The molecule has 0 saturated carbocycles. The van der Waals surface area contributed by atoms with E-state index in [1.54, 1.807) is 13.8 Å². The van der Waals surface area contributed by atoms with Gasteiger partial charge in [-0.25, -0.2) is 9.59 Å². The highest BCUT2D eigenvalue weighted by molar-refractivity contribution is 5.89. The molecule has 0 aromatic rings. The van der Waals surface area contributed by atoms with Gasteiger partial charge in [-0.15, -0.1) is 0 Å². The van der Waals surface area contributed by atoms with Crippen molar-refractivity contribution in [3.63, 3.8) is 0 Å². The molecule has 6 nitrogen and oxygen atoms in total. The number of rotatable bonds is 11. The summed E-state index contributed by atoms with van der Waals surface area (Å²) in [6.07, 6.45) is 1.24. The molecule has 0 aromatic heterocycles. The van der Waals surface area contributed by atoms with Crippen molar-refractivity contribution < 1.29 is 19.1 Å². The first-order chi connectivity index (χ1) is 11.4. The third kappa shape index (κ3) is 7.53. The Bertz CT molecular complexity index is 437. The lowest BCUT2D eigenvalue weighted by molar-refractivity contribution is -0.139. The van der Waals surface area contributed by atoms with Crippen molar-refractivity contribution in [2.75, 3.05) is 26.3 Å². The van der Waals surface area contributed by atoms with Crippen LogP contribution in [-0.2, 0) is 19.1 Å². The van der Waals surface area contributed by atoms with Gasteiger partial charge in [0.15, 0.2) is 0 Å². The van der Waals surface area contributed by atoms with Crippen molar-refractivity contribution in [2.45, 2.75) is 54.4 Å². The molecule has 0 aliphatic rings. The molecule has 0 bridgehead atoms. The van der Waals surface area contributed by atoms with Crippen molar-refractivity contribution in [1.82, 2.24) is 10.6 Å². The average molecular weight is 340 g/mol. The lowest BCUT2D eigenvalue weighted by Crippen LogP contribution is -2.28. The van der Waals surface area contributed by atoms with Crippen LogP contribution in [-0.4, -0.2) is 38.2 Å². The summed E-state index contributed by atoms with van der Waals surface area (Å²) in [6, 6.07) is 0. The fraction of sp³-hybridized carbons (Fsp3) is 0.667. The Hall–Kier alpha value is -1.98. The smallest absolute Gasteiger partial charge is 0.335 e. The van der Waals surface area contributed by atoms with E-state index >= 15 is 0 Å². The predicted molar refractivity (Wildman–Crippen MR) is 95.3 cm³/mol. The van der Waals surface area contributed by atoms with E-state index in [2.05, 4.69) is 10.6 Å². The maximum atomic E-state index is 11.8. The van der Waals surface area contributed by atoms with Gasteiger partial charge in [-0.05, 0) is 40.5 Å². The van der Waals surface area contributed by atoms with Gasteiger partial charge in [-0.3, -0.25) is 0 Å². The van der Waals surface area contributed by atoms with E-state index in [1.807, 2.05) is 27.7 Å². The zero-order chi connectivity index (χ0) is 18.5. The van der Waals surface area contributed by atoms with Gasteiger partial charge >= 0.3 is 11.9 Å². The minimum absolute atomic E-state index is 0.274. The summed E-state index contributed by atoms with van der Waals surface area (Å²) in [7, 11) is 0. The number of hydrogen-bond donors (Lipinski definition) is 2. The number of carbonyl (C=O) groups is 2. The molecule has 0 amide bonds. The van der Waals surface area contributed by atoms with Crippen molar-refractivity contribution >= 4 is 11.9 Å². The second-order valence-corrected chi connectivity index (χ2v) is 5.21. The molecular weight excluding hydrogens is 308 g/mol. The Morgan fingerprint density at radius 3 is 1.29 bits per heavy atom. The molecule has 2 N–H and O–H groups in total. The third-order valence-electron chi connectivity index (χ3n) is 3.56. The summed E-state index contributed by atoms with van der Waals surface area (Å²) in [5, 5.41) is 6.43. The molecule has 0 saturated heterocycles. The van der Waals surface area contributed by atoms with Crippen LogP contribution < -0.4 is 10.6 Å². The van der Waals surface area contributed by atoms with Crippen LogP contribution in [0.3, 0.4) is 0 Å². The molecule has 6 heteroatoms. The molecule has 0 unspecified atom stereocenters. The van der Waals surface area contributed by atoms with Gasteiger partial charge in [0.25, 0.3) is 0 Å². The Morgan fingerprint density at radius 2 is 1.04 bits per heavy atom. The van der Waals surface area contributed by atoms with Crippen molar-refractivity contribution in [3.05, 3.63) is 22.5 Å². The van der Waals surface area contributed by atoms with E-state index in [0.29, 0.717) is 50.3 Å². The topological polar surface area (TPSA) is 76.7 Å². The van der Waals surface area contributed by atoms with Crippen LogP contribution in [0.2, 0.25) is 0 Å². The fourth-order valence-electron chi connectivity index (χ4n) is 2.27. The van der Waals surface area contributed by atoms with Crippen LogP contribution in [0.5, 0.6) is 0 Å². The molecule has 0 radical (unpaired) electrons. The highest BCUT2D eigenvalue weighted by Crippen LogP contribution is 2.09. The fourth-order valence-corrected chi connectivity index (χ4v) is 2.27. The normalized spacial score (nSPS) is 12.8. The summed E-state index contributed by atoms with van der Waals surface area (Å²) < 4.78 is 10.1. The van der Waals surface area contributed by atoms with Gasteiger partial charge in [0.2, 0.25) is 0 Å². The summed E-state index contributed by atoms with van der Waals surface area (Å²) in [5.41, 5.74) is 2.95. The van der Waals surface area contributed by atoms with Crippen LogP contribution in [0, 0.1) is 0 Å². The molecule has 0 aliphatic carbocycles. The number of nitrogens with one attached hydrogen (secondary N) is 2. The maximum absolute atomic E-state index is 11.8. The lowest BCUT2D eigenvalue weighted by atomic mass is 10.1. The number of carbonyl (C=O) groups excluding carboxylic acids is 2. The number of esters is 2. The van der Waals surface area contributed by atoms with E-state index in [9.17, 15) is 9.59 Å². The van der Waals surface area contributed by atoms with Gasteiger partial charge < -0.3 is 20.1 Å². The van der Waals surface area contributed by atoms with Gasteiger partial charge in [0, 0.05) is 24.5 Å². The lowest BCUT2D eigenvalue weighted by Gasteiger charge is -2.15.